The molecule has 0 bridgehead atoms. The van der Waals surface area contributed by atoms with Crippen LogP contribution >= 0.6 is 0 Å². The van der Waals surface area contributed by atoms with Crippen LogP contribution in [0.5, 0.6) is 0 Å². The maximum atomic E-state index is 12.5. The van der Waals surface area contributed by atoms with E-state index in [0.29, 0.717) is 32.7 Å². The molecule has 1 aromatic carbocycles. The monoisotopic (exact) mass is 363 g/mol. The van der Waals surface area contributed by atoms with Crippen LogP contribution in [0.2, 0.25) is 0 Å². The van der Waals surface area contributed by atoms with Gasteiger partial charge in [-0.1, -0.05) is 12.1 Å². The van der Waals surface area contributed by atoms with Crippen LogP contribution in [-0.4, -0.2) is 71.8 Å². The number of aromatic nitrogens is 2. The second kappa shape index (κ2) is 8.13. The van der Waals surface area contributed by atoms with Crippen molar-refractivity contribution in [1.82, 2.24) is 15.3 Å². The number of para-hydroxylation sites is 2. The normalized spacial score (nSPS) is 25.7. The smallest absolute Gasteiger partial charge is 0.287 e. The molecule has 2 aromatic rings. The van der Waals surface area contributed by atoms with Crippen molar-refractivity contribution in [2.45, 2.75) is 25.0 Å². The highest BCUT2D eigenvalue weighted by molar-refractivity contribution is 5.94. The average molecular weight is 363 g/mol. The van der Waals surface area contributed by atoms with Gasteiger partial charge < -0.3 is 30.0 Å². The lowest BCUT2D eigenvalue weighted by Crippen LogP contribution is -2.40. The van der Waals surface area contributed by atoms with Crippen LogP contribution in [0.3, 0.4) is 0 Å². The zero-order valence-corrected chi connectivity index (χ0v) is 14.8. The van der Waals surface area contributed by atoms with Crippen LogP contribution in [-0.2, 0) is 9.47 Å². The van der Waals surface area contributed by atoms with E-state index in [1.807, 2.05) is 24.3 Å². The maximum absolute atomic E-state index is 12.5. The van der Waals surface area contributed by atoms with Crippen molar-refractivity contribution in [3.63, 3.8) is 0 Å². The van der Waals surface area contributed by atoms with Crippen molar-refractivity contribution in [3.05, 3.63) is 30.1 Å². The number of hydrogen-bond donors (Lipinski definition) is 4. The Balaban J connectivity index is 1.64. The van der Waals surface area contributed by atoms with Gasteiger partial charge in [0, 0.05) is 19.1 Å². The summed E-state index contributed by atoms with van der Waals surface area (Å²) in [6.45, 7) is 1.49. The molecule has 142 valence electrons. The number of aliphatic hydroxyl groups excluding tert-OH is 2. The SMILES string of the molecule is COCCOCC1(CNC(=O)c2nc3ccccc3[nH]2)C[C@@H](O)[C@@H](O)C1. The first-order chi connectivity index (χ1) is 12.5. The van der Waals surface area contributed by atoms with Gasteiger partial charge >= 0.3 is 0 Å². The van der Waals surface area contributed by atoms with Crippen LogP contribution in [0.4, 0.5) is 0 Å². The predicted octanol–water partition coefficient (Wildman–Crippen LogP) is 0.458. The summed E-state index contributed by atoms with van der Waals surface area (Å²) in [5.41, 5.74) is 0.998. The molecule has 3 atom stereocenters. The fourth-order valence-electron chi connectivity index (χ4n) is 3.40. The number of fused-ring (bicyclic) bond motifs is 1. The lowest BCUT2D eigenvalue weighted by molar-refractivity contribution is 0.0113. The number of H-pyrrole nitrogens is 1. The first kappa shape index (κ1) is 18.8. The number of hydrogen-bond acceptors (Lipinski definition) is 6. The lowest BCUT2D eigenvalue weighted by Gasteiger charge is -2.28. The van der Waals surface area contributed by atoms with Crippen molar-refractivity contribution in [2.24, 2.45) is 5.41 Å². The molecule has 1 fully saturated rings. The van der Waals surface area contributed by atoms with Gasteiger partial charge in [0.2, 0.25) is 0 Å². The van der Waals surface area contributed by atoms with Gasteiger partial charge in [-0.3, -0.25) is 4.79 Å². The minimum Gasteiger partial charge on any atom is -0.390 e. The molecule has 4 N–H and O–H groups in total. The molecule has 0 spiro atoms. The van der Waals surface area contributed by atoms with E-state index in [1.165, 1.54) is 0 Å². The second-order valence-electron chi connectivity index (χ2n) is 6.87. The predicted molar refractivity (Wildman–Crippen MR) is 94.8 cm³/mol. The Morgan fingerprint density at radius 3 is 2.73 bits per heavy atom. The molecule has 0 saturated heterocycles. The topological polar surface area (TPSA) is 117 Å². The number of benzene rings is 1. The summed E-state index contributed by atoms with van der Waals surface area (Å²) in [5.74, 6) is -0.0888. The van der Waals surface area contributed by atoms with E-state index < -0.39 is 17.6 Å². The lowest BCUT2D eigenvalue weighted by atomic mass is 9.86. The van der Waals surface area contributed by atoms with Crippen molar-refractivity contribution in [2.75, 3.05) is 33.5 Å². The van der Waals surface area contributed by atoms with Crippen molar-refractivity contribution in [1.29, 1.82) is 0 Å². The molecule has 1 aliphatic carbocycles. The highest BCUT2D eigenvalue weighted by Crippen LogP contribution is 2.38. The minimum atomic E-state index is -0.816. The van der Waals surface area contributed by atoms with Gasteiger partial charge in [0.25, 0.3) is 5.91 Å². The molecule has 1 aliphatic rings. The van der Waals surface area contributed by atoms with Gasteiger partial charge in [-0.05, 0) is 25.0 Å². The first-order valence-electron chi connectivity index (χ1n) is 8.69. The molecule has 0 radical (unpaired) electrons. The van der Waals surface area contributed by atoms with E-state index in [0.717, 1.165) is 11.0 Å². The van der Waals surface area contributed by atoms with Crippen LogP contribution in [0.1, 0.15) is 23.5 Å². The van der Waals surface area contributed by atoms with Crippen LogP contribution < -0.4 is 5.32 Å². The number of nitrogens with zero attached hydrogens (tertiary/aromatic N) is 1. The van der Waals surface area contributed by atoms with Crippen LogP contribution in [0, 0.1) is 5.41 Å². The summed E-state index contributed by atoms with van der Waals surface area (Å²) < 4.78 is 10.6. The molecule has 1 unspecified atom stereocenters. The van der Waals surface area contributed by atoms with Gasteiger partial charge in [0.1, 0.15) is 0 Å². The Morgan fingerprint density at radius 1 is 1.31 bits per heavy atom. The Morgan fingerprint density at radius 2 is 2.04 bits per heavy atom. The number of aromatic amines is 1. The Kier molecular flexibility index (Phi) is 5.87. The van der Waals surface area contributed by atoms with Crippen LogP contribution in [0.15, 0.2) is 24.3 Å². The van der Waals surface area contributed by atoms with E-state index in [1.54, 1.807) is 7.11 Å². The van der Waals surface area contributed by atoms with Crippen LogP contribution in [0.25, 0.3) is 11.0 Å². The minimum absolute atomic E-state index is 0.237. The molecule has 8 heteroatoms. The molecule has 26 heavy (non-hydrogen) atoms. The molecule has 1 aromatic heterocycles. The highest BCUT2D eigenvalue weighted by Gasteiger charge is 2.44. The molecule has 8 nitrogen and oxygen atoms in total. The largest absolute Gasteiger partial charge is 0.390 e. The molecular weight excluding hydrogens is 338 g/mol. The van der Waals surface area contributed by atoms with Crippen molar-refractivity contribution >= 4 is 16.9 Å². The van der Waals surface area contributed by atoms with Gasteiger partial charge in [-0.15, -0.1) is 0 Å². The van der Waals surface area contributed by atoms with Crippen molar-refractivity contribution < 1.29 is 24.5 Å². The molecule has 3 rings (SSSR count). The molecule has 1 amide bonds. The summed E-state index contributed by atoms with van der Waals surface area (Å²) in [5, 5.41) is 22.8. The number of aliphatic hydroxyl groups is 2. The summed E-state index contributed by atoms with van der Waals surface area (Å²) in [6.07, 6.45) is -0.906. The number of ether oxygens (including phenoxy) is 2. The summed E-state index contributed by atoms with van der Waals surface area (Å²) in [6, 6.07) is 7.42. The number of amides is 1. The number of carbonyl (C=O) groups is 1. The zero-order chi connectivity index (χ0) is 18.6. The molecule has 0 aliphatic heterocycles. The third-order valence-corrected chi connectivity index (χ3v) is 4.80. The quantitative estimate of drug-likeness (QED) is 0.506. The van der Waals surface area contributed by atoms with Gasteiger partial charge in [0.05, 0.1) is 43.1 Å². The van der Waals surface area contributed by atoms with E-state index >= 15 is 0 Å². The summed E-state index contributed by atoms with van der Waals surface area (Å²) >= 11 is 0. The van der Waals surface area contributed by atoms with E-state index in [4.69, 9.17) is 9.47 Å². The zero-order valence-electron chi connectivity index (χ0n) is 14.8. The molecule has 1 saturated carbocycles. The maximum Gasteiger partial charge on any atom is 0.287 e. The third-order valence-electron chi connectivity index (χ3n) is 4.80. The first-order valence-corrected chi connectivity index (χ1v) is 8.69. The second-order valence-corrected chi connectivity index (χ2v) is 6.87. The average Bonchev–Trinajstić information content (AvgIpc) is 3.18. The molecular formula is C18H25N3O5. The fraction of sp³-hybridized carbons (Fsp3) is 0.556. The third kappa shape index (κ3) is 4.21. The van der Waals surface area contributed by atoms with Gasteiger partial charge in [-0.25, -0.2) is 4.98 Å². The highest BCUT2D eigenvalue weighted by atomic mass is 16.5. The standard InChI is InChI=1S/C18H25N3O5/c1-25-6-7-26-11-18(8-14(22)15(23)9-18)10-19-17(24)16-20-12-4-2-3-5-13(12)21-16/h2-5,14-15,22-23H,6-11H2,1H3,(H,19,24)(H,20,21)/t14-,15+,18?. The van der Waals surface area contributed by atoms with Gasteiger partial charge in [-0.2, -0.15) is 0 Å². The molecule has 1 heterocycles. The number of nitrogens with one attached hydrogen (secondary N) is 2. The van der Waals surface area contributed by atoms with E-state index in [2.05, 4.69) is 15.3 Å². The van der Waals surface area contributed by atoms with E-state index in [-0.39, 0.29) is 18.3 Å². The Labute approximate surface area is 151 Å². The number of carbonyl (C=O) groups excluding carboxylic acids is 1. The Hall–Kier alpha value is -2.00. The van der Waals surface area contributed by atoms with Gasteiger partial charge in [0.15, 0.2) is 5.82 Å². The summed E-state index contributed by atoms with van der Waals surface area (Å²) in [7, 11) is 1.59. The Bertz CT molecular complexity index is 704. The number of imidazole rings is 1. The van der Waals surface area contributed by atoms with Crippen molar-refractivity contribution in [3.8, 4) is 0 Å². The summed E-state index contributed by atoms with van der Waals surface area (Å²) in [4.78, 5) is 19.7. The van der Waals surface area contributed by atoms with E-state index in [9.17, 15) is 15.0 Å². The number of methoxy groups -OCH3 is 1. The number of rotatable bonds is 8. The fourth-order valence-corrected chi connectivity index (χ4v) is 3.40.